The van der Waals surface area contributed by atoms with E-state index in [2.05, 4.69) is 0 Å². The van der Waals surface area contributed by atoms with Crippen LogP contribution >= 0.6 is 22.9 Å². The number of halogens is 1. The van der Waals surface area contributed by atoms with Crippen molar-refractivity contribution in [1.29, 1.82) is 0 Å². The van der Waals surface area contributed by atoms with Crippen LogP contribution in [-0.4, -0.2) is 35.1 Å². The fourth-order valence-corrected chi connectivity index (χ4v) is 3.91. The molecule has 1 aliphatic heterocycles. The summed E-state index contributed by atoms with van der Waals surface area (Å²) in [6.07, 6.45) is 1.20. The number of hydrogen-bond donors (Lipinski definition) is 1. The Labute approximate surface area is 120 Å². The lowest BCUT2D eigenvalue weighted by molar-refractivity contribution is 0.0478. The molecule has 1 atom stereocenters. The molecule has 1 aromatic heterocycles. The van der Waals surface area contributed by atoms with E-state index in [0.29, 0.717) is 23.0 Å². The number of amides is 1. The van der Waals surface area contributed by atoms with Crippen LogP contribution < -0.4 is 0 Å². The van der Waals surface area contributed by atoms with Gasteiger partial charge in [0, 0.05) is 23.2 Å². The highest BCUT2D eigenvalue weighted by Gasteiger charge is 2.26. The molecular formula is C14H14ClNO2S. The van der Waals surface area contributed by atoms with Crippen molar-refractivity contribution in [3.63, 3.8) is 0 Å². The molecule has 0 bridgehead atoms. The molecule has 1 amide bonds. The molecule has 1 N–H and O–H groups in total. The molecule has 1 fully saturated rings. The van der Waals surface area contributed by atoms with Crippen molar-refractivity contribution < 1.29 is 9.90 Å². The first kappa shape index (κ1) is 12.9. The predicted molar refractivity (Wildman–Crippen MR) is 78.0 cm³/mol. The first-order valence-electron chi connectivity index (χ1n) is 6.31. The zero-order valence-electron chi connectivity index (χ0n) is 10.3. The summed E-state index contributed by atoms with van der Waals surface area (Å²) in [6.45, 7) is 1.10. The minimum absolute atomic E-state index is 0.0649. The number of nitrogens with zero attached hydrogens (tertiary/aromatic N) is 1. The fourth-order valence-electron chi connectivity index (χ4n) is 2.43. The monoisotopic (exact) mass is 295 g/mol. The van der Waals surface area contributed by atoms with Gasteiger partial charge in [-0.05, 0) is 18.9 Å². The summed E-state index contributed by atoms with van der Waals surface area (Å²) in [5.74, 6) is -0.0649. The summed E-state index contributed by atoms with van der Waals surface area (Å²) in [5.41, 5.74) is 0. The maximum atomic E-state index is 12.5. The zero-order chi connectivity index (χ0) is 13.4. The second-order valence-corrected chi connectivity index (χ2v) is 6.22. The molecule has 1 unspecified atom stereocenters. The van der Waals surface area contributed by atoms with E-state index >= 15 is 0 Å². The molecule has 1 saturated heterocycles. The van der Waals surface area contributed by atoms with Gasteiger partial charge in [-0.2, -0.15) is 0 Å². The van der Waals surface area contributed by atoms with Gasteiger partial charge < -0.3 is 10.0 Å². The van der Waals surface area contributed by atoms with Crippen LogP contribution in [0.5, 0.6) is 0 Å². The van der Waals surface area contributed by atoms with Gasteiger partial charge in [-0.15, -0.1) is 11.3 Å². The van der Waals surface area contributed by atoms with Crippen molar-refractivity contribution in [3.8, 4) is 0 Å². The number of likely N-dealkylation sites (tertiary alicyclic amines) is 1. The van der Waals surface area contributed by atoms with Crippen LogP contribution in [0.2, 0.25) is 5.02 Å². The van der Waals surface area contributed by atoms with Gasteiger partial charge >= 0.3 is 0 Å². The summed E-state index contributed by atoms with van der Waals surface area (Å²) in [5, 5.41) is 11.1. The number of hydrogen-bond acceptors (Lipinski definition) is 3. The van der Waals surface area contributed by atoms with Gasteiger partial charge in [0.1, 0.15) is 4.88 Å². The van der Waals surface area contributed by atoms with Crippen LogP contribution in [0.1, 0.15) is 22.5 Å². The van der Waals surface area contributed by atoms with Crippen molar-refractivity contribution in [2.24, 2.45) is 0 Å². The second-order valence-electron chi connectivity index (χ2n) is 4.79. The maximum Gasteiger partial charge on any atom is 0.265 e. The Morgan fingerprint density at radius 3 is 2.95 bits per heavy atom. The smallest absolute Gasteiger partial charge is 0.265 e. The van der Waals surface area contributed by atoms with Gasteiger partial charge in [0.05, 0.1) is 11.1 Å². The summed E-state index contributed by atoms with van der Waals surface area (Å²) in [4.78, 5) is 14.8. The Hall–Kier alpha value is -1.10. The van der Waals surface area contributed by atoms with Gasteiger partial charge in [-0.25, -0.2) is 0 Å². The van der Waals surface area contributed by atoms with E-state index in [1.165, 1.54) is 11.3 Å². The normalized spacial score (nSPS) is 19.9. The van der Waals surface area contributed by atoms with Crippen LogP contribution in [0.3, 0.4) is 0 Å². The second kappa shape index (κ2) is 5.12. The SMILES string of the molecule is O=C(c1sc2ccccc2c1Cl)N1CCCC(O)C1. The number of β-amino-alcohol motifs (C(OH)–C–C–N with tert-alkyl or cyclic N) is 1. The summed E-state index contributed by atoms with van der Waals surface area (Å²) >= 11 is 7.73. The number of aliphatic hydroxyl groups excluding tert-OH is 1. The van der Waals surface area contributed by atoms with Crippen LogP contribution in [-0.2, 0) is 0 Å². The number of carbonyl (C=O) groups excluding carboxylic acids is 1. The van der Waals surface area contributed by atoms with E-state index in [0.717, 1.165) is 22.9 Å². The number of fused-ring (bicyclic) bond motifs is 1. The largest absolute Gasteiger partial charge is 0.391 e. The van der Waals surface area contributed by atoms with Gasteiger partial charge in [0.15, 0.2) is 0 Å². The van der Waals surface area contributed by atoms with Gasteiger partial charge in [0.2, 0.25) is 0 Å². The van der Waals surface area contributed by atoms with E-state index < -0.39 is 6.10 Å². The van der Waals surface area contributed by atoms with Crippen LogP contribution in [0, 0.1) is 0 Å². The molecule has 0 radical (unpaired) electrons. The third-order valence-corrected chi connectivity index (χ3v) is 5.08. The summed E-state index contributed by atoms with van der Waals surface area (Å²) < 4.78 is 1.02. The van der Waals surface area contributed by atoms with E-state index in [9.17, 15) is 9.90 Å². The average Bonchev–Trinajstić information content (AvgIpc) is 2.76. The quantitative estimate of drug-likeness (QED) is 0.878. The van der Waals surface area contributed by atoms with E-state index in [1.54, 1.807) is 4.90 Å². The molecule has 3 nitrogen and oxygen atoms in total. The highest BCUT2D eigenvalue weighted by atomic mass is 35.5. The summed E-state index contributed by atoms with van der Waals surface area (Å²) in [7, 11) is 0. The molecule has 5 heteroatoms. The van der Waals surface area contributed by atoms with Crippen molar-refractivity contribution in [2.45, 2.75) is 18.9 Å². The molecule has 1 aromatic carbocycles. The Bertz CT molecular complexity index is 625. The van der Waals surface area contributed by atoms with E-state index in [-0.39, 0.29) is 5.91 Å². The first-order chi connectivity index (χ1) is 9.16. The van der Waals surface area contributed by atoms with Crippen LogP contribution in [0.15, 0.2) is 24.3 Å². The Kier molecular flexibility index (Phi) is 3.48. The minimum Gasteiger partial charge on any atom is -0.391 e. The molecule has 0 aliphatic carbocycles. The molecule has 3 rings (SSSR count). The molecule has 2 heterocycles. The standard InChI is InChI=1S/C14H14ClNO2S/c15-12-10-5-1-2-6-11(10)19-13(12)14(18)16-7-3-4-9(17)8-16/h1-2,5-6,9,17H,3-4,7-8H2. The minimum atomic E-state index is -0.411. The summed E-state index contributed by atoms with van der Waals surface area (Å²) in [6, 6.07) is 7.75. The van der Waals surface area contributed by atoms with Crippen molar-refractivity contribution in [2.75, 3.05) is 13.1 Å². The first-order valence-corrected chi connectivity index (χ1v) is 7.50. The molecule has 1 aliphatic rings. The topological polar surface area (TPSA) is 40.5 Å². The van der Waals surface area contributed by atoms with Crippen molar-refractivity contribution >= 4 is 38.9 Å². The molecular weight excluding hydrogens is 282 g/mol. The highest BCUT2D eigenvalue weighted by molar-refractivity contribution is 7.21. The lowest BCUT2D eigenvalue weighted by atomic mass is 10.1. The highest BCUT2D eigenvalue weighted by Crippen LogP contribution is 2.36. The predicted octanol–water partition coefficient (Wildman–Crippen LogP) is 3.15. The molecule has 0 spiro atoms. The number of benzene rings is 1. The molecule has 19 heavy (non-hydrogen) atoms. The van der Waals surface area contributed by atoms with E-state index in [4.69, 9.17) is 11.6 Å². The fraction of sp³-hybridized carbons (Fsp3) is 0.357. The van der Waals surface area contributed by atoms with Crippen molar-refractivity contribution in [3.05, 3.63) is 34.2 Å². The maximum absolute atomic E-state index is 12.5. The molecule has 2 aromatic rings. The third-order valence-electron chi connectivity index (χ3n) is 3.41. The number of thiophene rings is 1. The zero-order valence-corrected chi connectivity index (χ0v) is 11.9. The third kappa shape index (κ3) is 2.36. The van der Waals surface area contributed by atoms with Gasteiger partial charge in [-0.1, -0.05) is 29.8 Å². The van der Waals surface area contributed by atoms with Crippen molar-refractivity contribution in [1.82, 2.24) is 4.90 Å². The Morgan fingerprint density at radius 1 is 1.42 bits per heavy atom. The Balaban J connectivity index is 1.95. The van der Waals surface area contributed by atoms with E-state index in [1.807, 2.05) is 24.3 Å². The lowest BCUT2D eigenvalue weighted by Crippen LogP contribution is -2.41. The number of carbonyl (C=O) groups is 1. The van der Waals surface area contributed by atoms with Crippen LogP contribution in [0.25, 0.3) is 10.1 Å². The number of rotatable bonds is 1. The molecule has 100 valence electrons. The van der Waals surface area contributed by atoms with Crippen LogP contribution in [0.4, 0.5) is 0 Å². The molecule has 0 saturated carbocycles. The number of aliphatic hydroxyl groups is 1. The Morgan fingerprint density at radius 2 is 2.21 bits per heavy atom. The van der Waals surface area contributed by atoms with Gasteiger partial charge in [-0.3, -0.25) is 4.79 Å². The lowest BCUT2D eigenvalue weighted by Gasteiger charge is -2.29. The number of piperidine rings is 1. The average molecular weight is 296 g/mol. The van der Waals surface area contributed by atoms with Gasteiger partial charge in [0.25, 0.3) is 5.91 Å².